The van der Waals surface area contributed by atoms with Gasteiger partial charge in [0.05, 0.1) is 12.2 Å². The van der Waals surface area contributed by atoms with Crippen LogP contribution in [0.3, 0.4) is 0 Å². The first-order valence-electron chi connectivity index (χ1n) is 5.75. The van der Waals surface area contributed by atoms with E-state index in [1.54, 1.807) is 11.0 Å². The Balaban J connectivity index is 2.19. The van der Waals surface area contributed by atoms with Crippen LogP contribution in [0, 0.1) is 5.92 Å². The van der Waals surface area contributed by atoms with Crippen molar-refractivity contribution >= 4 is 5.69 Å². The molecule has 2 rings (SSSR count). The third kappa shape index (κ3) is 2.76. The minimum absolute atomic E-state index is 0.191. The summed E-state index contributed by atoms with van der Waals surface area (Å²) in [6.07, 6.45) is -3.53. The average Bonchev–Trinajstić information content (AvgIpc) is 2.77. The fourth-order valence-electron chi connectivity index (χ4n) is 2.31. The molecule has 2 N–H and O–H groups in total. The molecule has 1 aliphatic rings. The topological polar surface area (TPSA) is 38.5 Å². The van der Waals surface area contributed by atoms with Crippen LogP contribution in [-0.4, -0.2) is 19.7 Å². The Morgan fingerprint density at radius 3 is 2.72 bits per heavy atom. The fraction of sp³-hybridized carbons (Fsp3) is 0.500. The maximum Gasteiger partial charge on any atom is 0.418 e. The molecule has 1 aromatic carbocycles. The highest BCUT2D eigenvalue weighted by Gasteiger charge is 2.36. The number of anilines is 1. The van der Waals surface area contributed by atoms with Crippen molar-refractivity contribution in [2.24, 2.45) is 11.8 Å². The van der Waals surface area contributed by atoms with Gasteiger partial charge in [-0.3, -0.25) is 0 Å². The van der Waals surface area contributed by atoms with Gasteiger partial charge in [0.1, 0.15) is 0 Å². The van der Waals surface area contributed by atoms with Gasteiger partial charge in [0.25, 0.3) is 0 Å². The van der Waals surface area contributed by atoms with E-state index in [0.29, 0.717) is 19.7 Å². The van der Waals surface area contributed by atoms with Gasteiger partial charge >= 0.3 is 6.18 Å². The van der Waals surface area contributed by atoms with Gasteiger partial charge in [-0.15, -0.1) is 0 Å². The van der Waals surface area contributed by atoms with E-state index in [-0.39, 0.29) is 11.6 Å². The molecule has 6 heteroatoms. The van der Waals surface area contributed by atoms with E-state index >= 15 is 0 Å². The van der Waals surface area contributed by atoms with Crippen molar-refractivity contribution in [2.75, 3.05) is 24.6 Å². The van der Waals surface area contributed by atoms with Crippen molar-refractivity contribution in [1.82, 2.24) is 0 Å². The molecule has 3 nitrogen and oxygen atoms in total. The average molecular weight is 260 g/mol. The minimum atomic E-state index is -4.32. The Bertz CT molecular complexity index is 409. The number of rotatable bonds is 3. The van der Waals surface area contributed by atoms with Gasteiger partial charge in [-0.1, -0.05) is 12.1 Å². The third-order valence-corrected chi connectivity index (χ3v) is 3.17. The van der Waals surface area contributed by atoms with Gasteiger partial charge in [-0.05, 0) is 18.6 Å². The van der Waals surface area contributed by atoms with E-state index in [1.807, 2.05) is 0 Å². The number of para-hydroxylation sites is 1. The zero-order valence-corrected chi connectivity index (χ0v) is 9.78. The molecule has 1 aromatic rings. The standard InChI is InChI=1S/C12H15F3N2O/c13-12(14,15)10-3-1-2-4-11(10)17-6-5-9(7-17)8-18-16/h1-4,9H,5-8,16H2. The molecule has 1 heterocycles. The maximum absolute atomic E-state index is 12.9. The highest BCUT2D eigenvalue weighted by molar-refractivity contribution is 5.55. The molecule has 100 valence electrons. The van der Waals surface area contributed by atoms with Gasteiger partial charge < -0.3 is 9.74 Å². The SMILES string of the molecule is NOCC1CCN(c2ccccc2C(F)(F)F)C1. The Morgan fingerprint density at radius 1 is 1.33 bits per heavy atom. The van der Waals surface area contributed by atoms with Crippen molar-refractivity contribution in [3.63, 3.8) is 0 Å². The van der Waals surface area contributed by atoms with Crippen LogP contribution in [0.25, 0.3) is 0 Å². The van der Waals surface area contributed by atoms with Crippen molar-refractivity contribution in [3.8, 4) is 0 Å². The van der Waals surface area contributed by atoms with Crippen LogP contribution in [-0.2, 0) is 11.0 Å². The van der Waals surface area contributed by atoms with Crippen molar-refractivity contribution in [1.29, 1.82) is 0 Å². The summed E-state index contributed by atoms with van der Waals surface area (Å²) in [4.78, 5) is 6.30. The molecule has 0 spiro atoms. The summed E-state index contributed by atoms with van der Waals surface area (Å²) >= 11 is 0. The van der Waals surface area contributed by atoms with E-state index < -0.39 is 11.7 Å². The van der Waals surface area contributed by atoms with Crippen LogP contribution >= 0.6 is 0 Å². The molecule has 0 saturated carbocycles. The lowest BCUT2D eigenvalue weighted by atomic mass is 10.1. The summed E-state index contributed by atoms with van der Waals surface area (Å²) in [5.41, 5.74) is -0.344. The second-order valence-electron chi connectivity index (χ2n) is 4.45. The number of alkyl halides is 3. The predicted molar refractivity (Wildman–Crippen MR) is 61.9 cm³/mol. The summed E-state index contributed by atoms with van der Waals surface area (Å²) in [5.74, 6) is 5.18. The Labute approximate surface area is 103 Å². The number of hydrogen-bond acceptors (Lipinski definition) is 3. The summed E-state index contributed by atoms with van der Waals surface area (Å²) in [5, 5.41) is 0. The second-order valence-corrected chi connectivity index (χ2v) is 4.45. The van der Waals surface area contributed by atoms with Gasteiger partial charge in [0, 0.05) is 24.7 Å². The fourth-order valence-corrected chi connectivity index (χ4v) is 2.31. The zero-order valence-electron chi connectivity index (χ0n) is 9.78. The predicted octanol–water partition coefficient (Wildman–Crippen LogP) is 2.42. The van der Waals surface area contributed by atoms with Crippen LogP contribution < -0.4 is 10.8 Å². The Hall–Kier alpha value is -1.27. The normalized spacial score (nSPS) is 20.4. The third-order valence-electron chi connectivity index (χ3n) is 3.17. The first kappa shape index (κ1) is 13.2. The quantitative estimate of drug-likeness (QED) is 0.848. The molecule has 1 unspecified atom stereocenters. The van der Waals surface area contributed by atoms with E-state index in [0.717, 1.165) is 12.5 Å². The van der Waals surface area contributed by atoms with Crippen LogP contribution in [0.5, 0.6) is 0 Å². The number of nitrogens with zero attached hydrogens (tertiary/aromatic N) is 1. The molecular weight excluding hydrogens is 245 g/mol. The van der Waals surface area contributed by atoms with Crippen molar-refractivity contribution in [2.45, 2.75) is 12.6 Å². The molecule has 18 heavy (non-hydrogen) atoms. The largest absolute Gasteiger partial charge is 0.418 e. The van der Waals surface area contributed by atoms with Crippen molar-refractivity contribution in [3.05, 3.63) is 29.8 Å². The molecule has 1 saturated heterocycles. The highest BCUT2D eigenvalue weighted by atomic mass is 19.4. The summed E-state index contributed by atoms with van der Waals surface area (Å²) in [6.45, 7) is 1.52. The molecule has 1 atom stereocenters. The summed E-state index contributed by atoms with van der Waals surface area (Å²) < 4.78 is 38.6. The molecule has 0 aliphatic carbocycles. The number of hydrogen-bond donors (Lipinski definition) is 1. The highest BCUT2D eigenvalue weighted by Crippen LogP contribution is 2.38. The molecule has 0 aromatic heterocycles. The molecule has 0 amide bonds. The first-order valence-corrected chi connectivity index (χ1v) is 5.75. The van der Waals surface area contributed by atoms with E-state index in [1.165, 1.54) is 12.1 Å². The maximum atomic E-state index is 12.9. The van der Waals surface area contributed by atoms with E-state index in [2.05, 4.69) is 4.84 Å². The second kappa shape index (κ2) is 5.16. The van der Waals surface area contributed by atoms with Gasteiger partial charge in [0.2, 0.25) is 0 Å². The monoisotopic (exact) mass is 260 g/mol. The van der Waals surface area contributed by atoms with Crippen molar-refractivity contribution < 1.29 is 18.0 Å². The smallest absolute Gasteiger partial charge is 0.371 e. The lowest BCUT2D eigenvalue weighted by Crippen LogP contribution is -2.24. The summed E-state index contributed by atoms with van der Waals surface area (Å²) in [7, 11) is 0. The number of nitrogens with two attached hydrogens (primary N) is 1. The van der Waals surface area contributed by atoms with Crippen LogP contribution in [0.1, 0.15) is 12.0 Å². The Kier molecular flexibility index (Phi) is 3.77. The van der Waals surface area contributed by atoms with Crippen LogP contribution in [0.4, 0.5) is 18.9 Å². The lowest BCUT2D eigenvalue weighted by molar-refractivity contribution is -0.137. The minimum Gasteiger partial charge on any atom is -0.371 e. The van der Waals surface area contributed by atoms with Gasteiger partial charge in [-0.2, -0.15) is 13.2 Å². The molecule has 1 aliphatic heterocycles. The Morgan fingerprint density at radius 2 is 2.06 bits per heavy atom. The molecule has 1 fully saturated rings. The van der Waals surface area contributed by atoms with Gasteiger partial charge in [-0.25, -0.2) is 5.90 Å². The van der Waals surface area contributed by atoms with E-state index in [4.69, 9.17) is 5.90 Å². The van der Waals surface area contributed by atoms with Crippen LogP contribution in [0.15, 0.2) is 24.3 Å². The number of halogens is 3. The molecule has 0 bridgehead atoms. The lowest BCUT2D eigenvalue weighted by Gasteiger charge is -2.23. The zero-order chi connectivity index (χ0) is 13.2. The van der Waals surface area contributed by atoms with Gasteiger partial charge in [0.15, 0.2) is 0 Å². The van der Waals surface area contributed by atoms with E-state index in [9.17, 15) is 13.2 Å². The molecular formula is C12H15F3N2O. The first-order chi connectivity index (χ1) is 8.52. The molecule has 0 radical (unpaired) electrons. The summed E-state index contributed by atoms with van der Waals surface area (Å²) in [6, 6.07) is 5.65. The number of benzene rings is 1. The van der Waals surface area contributed by atoms with Crippen LogP contribution in [0.2, 0.25) is 0 Å².